The predicted octanol–water partition coefficient (Wildman–Crippen LogP) is 3.27. The lowest BCUT2D eigenvalue weighted by Gasteiger charge is -2.19. The molecule has 0 saturated heterocycles. The van der Waals surface area contributed by atoms with Crippen molar-refractivity contribution in [3.05, 3.63) is 42.1 Å². The second-order valence-corrected chi connectivity index (χ2v) is 6.17. The van der Waals surface area contributed by atoms with Gasteiger partial charge in [0.25, 0.3) is 0 Å². The van der Waals surface area contributed by atoms with Crippen molar-refractivity contribution in [2.24, 2.45) is 5.84 Å². The largest absolute Gasteiger partial charge is 0.271 e. The first-order chi connectivity index (χ1) is 9.26. The molecule has 3 N–H and O–H groups in total. The molecule has 1 heterocycles. The fourth-order valence-corrected chi connectivity index (χ4v) is 3.05. The second-order valence-electron chi connectivity index (χ2n) is 4.69. The van der Waals surface area contributed by atoms with E-state index in [0.717, 1.165) is 16.7 Å². The first kappa shape index (κ1) is 14.3. The van der Waals surface area contributed by atoms with Crippen molar-refractivity contribution in [1.82, 2.24) is 10.4 Å². The maximum atomic E-state index is 5.73. The summed E-state index contributed by atoms with van der Waals surface area (Å²) in [4.78, 5) is 4.49. The molecular formula is C15H21N3S. The van der Waals surface area contributed by atoms with Crippen LogP contribution in [0.1, 0.15) is 31.9 Å². The molecule has 2 unspecified atom stereocenters. The quantitative estimate of drug-likeness (QED) is 0.627. The number of hydrazine groups is 1. The van der Waals surface area contributed by atoms with Crippen LogP contribution in [0.25, 0.3) is 10.9 Å². The fraction of sp³-hybridized carbons (Fsp3) is 0.400. The maximum absolute atomic E-state index is 5.73. The normalized spacial score (nSPS) is 14.5. The Hall–Kier alpha value is -1.10. The summed E-state index contributed by atoms with van der Waals surface area (Å²) in [6, 6.07) is 10.4. The molecule has 0 amide bonds. The Labute approximate surface area is 119 Å². The molecule has 4 heteroatoms. The molecule has 3 nitrogen and oxygen atoms in total. The molecule has 19 heavy (non-hydrogen) atoms. The van der Waals surface area contributed by atoms with E-state index in [1.807, 2.05) is 24.0 Å². The molecule has 0 bridgehead atoms. The van der Waals surface area contributed by atoms with Gasteiger partial charge in [0.15, 0.2) is 0 Å². The minimum absolute atomic E-state index is 0.137. The molecule has 1 aromatic carbocycles. The van der Waals surface area contributed by atoms with Gasteiger partial charge in [-0.1, -0.05) is 38.1 Å². The lowest BCUT2D eigenvalue weighted by Crippen LogP contribution is -2.30. The molecule has 0 fully saturated rings. The number of nitrogens with two attached hydrogens (primary N) is 1. The number of pyridine rings is 1. The Morgan fingerprint density at radius 1 is 1.32 bits per heavy atom. The SMILES string of the molecule is CCC(C)SCC(NN)c1cccc2cccnc12. The zero-order valence-corrected chi connectivity index (χ0v) is 12.3. The number of hydrogen-bond acceptors (Lipinski definition) is 4. The van der Waals surface area contributed by atoms with Crippen molar-refractivity contribution in [3.63, 3.8) is 0 Å². The average molecular weight is 275 g/mol. The van der Waals surface area contributed by atoms with E-state index in [4.69, 9.17) is 5.84 Å². The van der Waals surface area contributed by atoms with Gasteiger partial charge in [-0.2, -0.15) is 11.8 Å². The molecular weight excluding hydrogens is 254 g/mol. The summed E-state index contributed by atoms with van der Waals surface area (Å²) in [5.41, 5.74) is 5.15. The number of thioether (sulfide) groups is 1. The van der Waals surface area contributed by atoms with E-state index in [0.29, 0.717) is 5.25 Å². The van der Waals surface area contributed by atoms with Crippen molar-refractivity contribution in [2.45, 2.75) is 31.6 Å². The molecule has 0 spiro atoms. The minimum Gasteiger partial charge on any atom is -0.271 e. The van der Waals surface area contributed by atoms with Gasteiger partial charge in [-0.25, -0.2) is 0 Å². The fourth-order valence-electron chi connectivity index (χ4n) is 2.02. The Balaban J connectivity index is 2.25. The number of rotatable bonds is 6. The van der Waals surface area contributed by atoms with Crippen molar-refractivity contribution in [3.8, 4) is 0 Å². The van der Waals surface area contributed by atoms with Gasteiger partial charge < -0.3 is 0 Å². The molecule has 0 aliphatic heterocycles. The number of hydrogen-bond donors (Lipinski definition) is 2. The summed E-state index contributed by atoms with van der Waals surface area (Å²) in [5.74, 6) is 6.69. The first-order valence-electron chi connectivity index (χ1n) is 6.67. The Kier molecular flexibility index (Phi) is 5.19. The van der Waals surface area contributed by atoms with E-state index in [9.17, 15) is 0 Å². The number of nitrogens with one attached hydrogen (secondary N) is 1. The van der Waals surface area contributed by atoms with E-state index >= 15 is 0 Å². The van der Waals surface area contributed by atoms with E-state index < -0.39 is 0 Å². The monoisotopic (exact) mass is 275 g/mol. The summed E-state index contributed by atoms with van der Waals surface area (Å²) >= 11 is 1.94. The smallest absolute Gasteiger partial charge is 0.0750 e. The summed E-state index contributed by atoms with van der Waals surface area (Å²) in [6.45, 7) is 4.46. The van der Waals surface area contributed by atoms with Crippen LogP contribution in [0, 0.1) is 0 Å². The topological polar surface area (TPSA) is 50.9 Å². The van der Waals surface area contributed by atoms with Crippen LogP contribution >= 0.6 is 11.8 Å². The van der Waals surface area contributed by atoms with E-state index in [1.165, 1.54) is 12.0 Å². The molecule has 2 atom stereocenters. The van der Waals surface area contributed by atoms with Crippen LogP contribution in [-0.2, 0) is 0 Å². The second kappa shape index (κ2) is 6.89. The molecule has 0 saturated carbocycles. The van der Waals surface area contributed by atoms with Crippen LogP contribution in [0.5, 0.6) is 0 Å². The maximum Gasteiger partial charge on any atom is 0.0750 e. The van der Waals surface area contributed by atoms with E-state index in [-0.39, 0.29) is 6.04 Å². The summed E-state index contributed by atoms with van der Waals surface area (Å²) in [5, 5.41) is 1.81. The highest BCUT2D eigenvalue weighted by atomic mass is 32.2. The van der Waals surface area contributed by atoms with Gasteiger partial charge in [-0.3, -0.25) is 16.3 Å². The molecule has 2 rings (SSSR count). The number of nitrogens with zero attached hydrogens (tertiary/aromatic N) is 1. The predicted molar refractivity (Wildman–Crippen MR) is 84.0 cm³/mol. The summed E-state index contributed by atoms with van der Waals surface area (Å²) in [7, 11) is 0. The number of aromatic nitrogens is 1. The van der Waals surface area contributed by atoms with Crippen LogP contribution in [0.4, 0.5) is 0 Å². The van der Waals surface area contributed by atoms with Gasteiger partial charge in [0.1, 0.15) is 0 Å². The molecule has 1 aromatic heterocycles. The Morgan fingerprint density at radius 3 is 2.84 bits per heavy atom. The zero-order chi connectivity index (χ0) is 13.7. The number of fused-ring (bicyclic) bond motifs is 1. The van der Waals surface area contributed by atoms with Crippen LogP contribution in [0.15, 0.2) is 36.5 Å². The lowest BCUT2D eigenvalue weighted by molar-refractivity contribution is 0.612. The molecule has 0 aliphatic rings. The lowest BCUT2D eigenvalue weighted by atomic mass is 10.0. The van der Waals surface area contributed by atoms with Crippen molar-refractivity contribution < 1.29 is 0 Å². The number of benzene rings is 1. The Morgan fingerprint density at radius 2 is 2.11 bits per heavy atom. The highest BCUT2D eigenvalue weighted by Crippen LogP contribution is 2.26. The van der Waals surface area contributed by atoms with Crippen molar-refractivity contribution >= 4 is 22.7 Å². The number of para-hydroxylation sites is 1. The van der Waals surface area contributed by atoms with E-state index in [1.54, 1.807) is 0 Å². The first-order valence-corrected chi connectivity index (χ1v) is 7.72. The highest BCUT2D eigenvalue weighted by molar-refractivity contribution is 7.99. The Bertz CT molecular complexity index is 524. The van der Waals surface area contributed by atoms with Gasteiger partial charge in [-0.05, 0) is 18.1 Å². The summed E-state index contributed by atoms with van der Waals surface area (Å²) < 4.78 is 0. The molecule has 0 aliphatic carbocycles. The highest BCUT2D eigenvalue weighted by Gasteiger charge is 2.14. The van der Waals surface area contributed by atoms with Crippen molar-refractivity contribution in [1.29, 1.82) is 0 Å². The molecule has 2 aromatic rings. The van der Waals surface area contributed by atoms with Gasteiger partial charge in [0.05, 0.1) is 11.6 Å². The third-order valence-corrected chi connectivity index (χ3v) is 4.79. The standard InChI is InChI=1S/C15H21N3S/c1-3-11(2)19-10-14(18-16)13-8-4-6-12-7-5-9-17-15(12)13/h4-9,11,14,18H,3,10,16H2,1-2H3. The summed E-state index contributed by atoms with van der Waals surface area (Å²) in [6.07, 6.45) is 3.01. The van der Waals surface area contributed by atoms with Gasteiger partial charge in [-0.15, -0.1) is 0 Å². The van der Waals surface area contributed by atoms with Gasteiger partial charge in [0, 0.05) is 22.6 Å². The van der Waals surface area contributed by atoms with Gasteiger partial charge in [0.2, 0.25) is 0 Å². The van der Waals surface area contributed by atoms with E-state index in [2.05, 4.69) is 48.5 Å². The molecule has 0 radical (unpaired) electrons. The van der Waals surface area contributed by atoms with Crippen LogP contribution in [-0.4, -0.2) is 16.0 Å². The van der Waals surface area contributed by atoms with Crippen LogP contribution in [0.2, 0.25) is 0 Å². The average Bonchev–Trinajstić information content (AvgIpc) is 2.47. The van der Waals surface area contributed by atoms with Crippen molar-refractivity contribution in [2.75, 3.05) is 5.75 Å². The minimum atomic E-state index is 0.137. The van der Waals surface area contributed by atoms with Crippen LogP contribution in [0.3, 0.4) is 0 Å². The molecule has 102 valence electrons. The zero-order valence-electron chi connectivity index (χ0n) is 11.5. The third kappa shape index (κ3) is 3.47. The van der Waals surface area contributed by atoms with Crippen LogP contribution < -0.4 is 11.3 Å². The third-order valence-electron chi connectivity index (χ3n) is 3.36. The van der Waals surface area contributed by atoms with Gasteiger partial charge >= 0.3 is 0 Å².